The summed E-state index contributed by atoms with van der Waals surface area (Å²) in [6, 6.07) is 13.0. The van der Waals surface area contributed by atoms with E-state index in [9.17, 15) is 14.7 Å². The van der Waals surface area contributed by atoms with Gasteiger partial charge < -0.3 is 15.5 Å². The summed E-state index contributed by atoms with van der Waals surface area (Å²) in [6.45, 7) is 0. The summed E-state index contributed by atoms with van der Waals surface area (Å²) >= 11 is 1.20. The molecular formula is C16H11NO4S. The van der Waals surface area contributed by atoms with Crippen LogP contribution < -0.4 is 5.32 Å². The summed E-state index contributed by atoms with van der Waals surface area (Å²) in [6.07, 6.45) is 0. The molecule has 6 heteroatoms. The molecule has 0 aliphatic rings. The van der Waals surface area contributed by atoms with Crippen LogP contribution in [0.3, 0.4) is 0 Å². The van der Waals surface area contributed by atoms with E-state index in [-0.39, 0.29) is 16.2 Å². The topological polar surface area (TPSA) is 86.6 Å². The lowest BCUT2D eigenvalue weighted by molar-refractivity contribution is 0.0696. The number of carbonyl (C=O) groups excluding carboxylic acids is 1. The number of fused-ring (bicyclic) bond motifs is 1. The van der Waals surface area contributed by atoms with Crippen LogP contribution in [0.4, 0.5) is 5.69 Å². The van der Waals surface area contributed by atoms with E-state index in [1.165, 1.54) is 35.6 Å². The number of anilines is 1. The summed E-state index contributed by atoms with van der Waals surface area (Å²) in [5.74, 6) is -1.50. The molecule has 1 aromatic heterocycles. The number of benzene rings is 2. The molecule has 2 aromatic carbocycles. The Morgan fingerprint density at radius 2 is 1.68 bits per heavy atom. The van der Waals surface area contributed by atoms with E-state index in [2.05, 4.69) is 5.32 Å². The third kappa shape index (κ3) is 2.51. The molecule has 0 aliphatic heterocycles. The molecule has 0 fully saturated rings. The standard InChI is InChI=1S/C16H11NO4S/c18-13-11-3-1-2-4-12(11)22-14(13)15(19)17-10-7-5-9(6-8-10)16(20)21/h1-8,18H,(H,17,19)(H,20,21). The largest absolute Gasteiger partial charge is 0.506 e. The van der Waals surface area contributed by atoms with Gasteiger partial charge in [0.05, 0.1) is 5.56 Å². The van der Waals surface area contributed by atoms with Gasteiger partial charge in [-0.05, 0) is 36.4 Å². The molecule has 0 aliphatic carbocycles. The number of thiophene rings is 1. The molecule has 110 valence electrons. The van der Waals surface area contributed by atoms with Crippen LogP contribution in [0, 0.1) is 0 Å². The van der Waals surface area contributed by atoms with Crippen LogP contribution in [-0.4, -0.2) is 22.1 Å². The Kier molecular flexibility index (Phi) is 3.52. The minimum atomic E-state index is -1.03. The van der Waals surface area contributed by atoms with E-state index >= 15 is 0 Å². The average Bonchev–Trinajstić information content (AvgIpc) is 2.85. The second kappa shape index (κ2) is 5.50. The number of carboxylic acids is 1. The van der Waals surface area contributed by atoms with Gasteiger partial charge in [-0.15, -0.1) is 11.3 Å². The van der Waals surface area contributed by atoms with E-state index in [1.807, 2.05) is 12.1 Å². The van der Waals surface area contributed by atoms with Gasteiger partial charge in [-0.25, -0.2) is 4.79 Å². The summed E-state index contributed by atoms with van der Waals surface area (Å²) in [4.78, 5) is 23.3. The van der Waals surface area contributed by atoms with E-state index in [0.717, 1.165) is 4.70 Å². The molecule has 0 saturated carbocycles. The van der Waals surface area contributed by atoms with Crippen LogP contribution >= 0.6 is 11.3 Å². The fourth-order valence-corrected chi connectivity index (χ4v) is 3.06. The molecule has 5 nitrogen and oxygen atoms in total. The molecule has 0 spiro atoms. The van der Waals surface area contributed by atoms with Crippen molar-refractivity contribution in [2.24, 2.45) is 0 Å². The molecule has 3 N–H and O–H groups in total. The van der Waals surface area contributed by atoms with Crippen molar-refractivity contribution in [2.45, 2.75) is 0 Å². The Hall–Kier alpha value is -2.86. The number of carboxylic acid groups (broad SMARTS) is 1. The highest BCUT2D eigenvalue weighted by molar-refractivity contribution is 7.21. The van der Waals surface area contributed by atoms with Crippen molar-refractivity contribution in [3.05, 3.63) is 59.0 Å². The third-order valence-electron chi connectivity index (χ3n) is 3.17. The van der Waals surface area contributed by atoms with Crippen LogP contribution in [0.2, 0.25) is 0 Å². The van der Waals surface area contributed by atoms with E-state index in [4.69, 9.17) is 5.11 Å². The van der Waals surface area contributed by atoms with Gasteiger partial charge >= 0.3 is 5.97 Å². The van der Waals surface area contributed by atoms with Gasteiger partial charge in [-0.1, -0.05) is 12.1 Å². The SMILES string of the molecule is O=C(O)c1ccc(NC(=O)c2sc3ccccc3c2O)cc1. The minimum absolute atomic E-state index is 0.0414. The molecule has 0 bridgehead atoms. The Morgan fingerprint density at radius 1 is 1.00 bits per heavy atom. The van der Waals surface area contributed by atoms with Gasteiger partial charge in [0.25, 0.3) is 5.91 Å². The number of hydrogen-bond acceptors (Lipinski definition) is 4. The van der Waals surface area contributed by atoms with Crippen LogP contribution in [0.1, 0.15) is 20.0 Å². The third-order valence-corrected chi connectivity index (χ3v) is 4.32. The molecular weight excluding hydrogens is 302 g/mol. The number of aromatic hydroxyl groups is 1. The van der Waals surface area contributed by atoms with Gasteiger partial charge in [-0.2, -0.15) is 0 Å². The first kappa shape index (κ1) is 14.1. The normalized spacial score (nSPS) is 10.5. The van der Waals surface area contributed by atoms with Crippen LogP contribution in [0.15, 0.2) is 48.5 Å². The van der Waals surface area contributed by atoms with E-state index in [0.29, 0.717) is 11.1 Å². The monoisotopic (exact) mass is 313 g/mol. The van der Waals surface area contributed by atoms with E-state index in [1.54, 1.807) is 12.1 Å². The lowest BCUT2D eigenvalue weighted by atomic mass is 10.2. The smallest absolute Gasteiger partial charge is 0.335 e. The maximum absolute atomic E-state index is 12.2. The highest BCUT2D eigenvalue weighted by Crippen LogP contribution is 2.36. The quantitative estimate of drug-likeness (QED) is 0.690. The Bertz CT molecular complexity index is 867. The first-order valence-electron chi connectivity index (χ1n) is 6.41. The summed E-state index contributed by atoms with van der Waals surface area (Å²) in [5.41, 5.74) is 0.606. The number of amides is 1. The average molecular weight is 313 g/mol. The number of nitrogens with one attached hydrogen (secondary N) is 1. The van der Waals surface area contributed by atoms with Crippen molar-refractivity contribution in [3.8, 4) is 5.75 Å². The maximum Gasteiger partial charge on any atom is 0.335 e. The van der Waals surface area contributed by atoms with Gasteiger partial charge in [0.2, 0.25) is 0 Å². The predicted octanol–water partition coefficient (Wildman–Crippen LogP) is 3.56. The Morgan fingerprint density at radius 3 is 2.32 bits per heavy atom. The second-order valence-electron chi connectivity index (χ2n) is 4.61. The van der Waals surface area contributed by atoms with Crippen molar-refractivity contribution in [1.29, 1.82) is 0 Å². The fraction of sp³-hybridized carbons (Fsp3) is 0. The summed E-state index contributed by atoms with van der Waals surface area (Å²) in [7, 11) is 0. The zero-order valence-electron chi connectivity index (χ0n) is 11.2. The van der Waals surface area contributed by atoms with Gasteiger partial charge in [0.1, 0.15) is 10.6 Å². The van der Waals surface area contributed by atoms with Crippen molar-refractivity contribution < 1.29 is 19.8 Å². The van der Waals surface area contributed by atoms with Gasteiger partial charge in [0, 0.05) is 15.8 Å². The lowest BCUT2D eigenvalue weighted by Gasteiger charge is -2.04. The summed E-state index contributed by atoms with van der Waals surface area (Å²) in [5, 5.41) is 22.2. The molecule has 1 amide bonds. The molecule has 0 radical (unpaired) electrons. The fourth-order valence-electron chi connectivity index (χ4n) is 2.07. The highest BCUT2D eigenvalue weighted by Gasteiger charge is 2.17. The number of aromatic carboxylic acids is 1. The molecule has 22 heavy (non-hydrogen) atoms. The Labute approximate surface area is 129 Å². The van der Waals surface area contributed by atoms with Crippen LogP contribution in [0.5, 0.6) is 5.75 Å². The minimum Gasteiger partial charge on any atom is -0.506 e. The van der Waals surface area contributed by atoms with E-state index < -0.39 is 11.9 Å². The van der Waals surface area contributed by atoms with Gasteiger partial charge in [0.15, 0.2) is 0 Å². The predicted molar refractivity (Wildman–Crippen MR) is 84.8 cm³/mol. The lowest BCUT2D eigenvalue weighted by Crippen LogP contribution is -2.10. The second-order valence-corrected chi connectivity index (χ2v) is 5.66. The molecule has 1 heterocycles. The molecule has 0 atom stereocenters. The Balaban J connectivity index is 1.87. The van der Waals surface area contributed by atoms with Crippen molar-refractivity contribution in [1.82, 2.24) is 0 Å². The number of rotatable bonds is 3. The first-order chi connectivity index (χ1) is 10.6. The molecule has 0 saturated heterocycles. The summed E-state index contributed by atoms with van der Waals surface area (Å²) < 4.78 is 0.825. The highest BCUT2D eigenvalue weighted by atomic mass is 32.1. The molecule has 0 unspecified atom stereocenters. The van der Waals surface area contributed by atoms with Crippen molar-refractivity contribution in [2.75, 3.05) is 5.32 Å². The van der Waals surface area contributed by atoms with Crippen LogP contribution in [0.25, 0.3) is 10.1 Å². The number of carbonyl (C=O) groups is 2. The zero-order chi connectivity index (χ0) is 15.7. The number of hydrogen-bond donors (Lipinski definition) is 3. The maximum atomic E-state index is 12.2. The first-order valence-corrected chi connectivity index (χ1v) is 7.23. The van der Waals surface area contributed by atoms with Crippen LogP contribution in [-0.2, 0) is 0 Å². The van der Waals surface area contributed by atoms with Gasteiger partial charge in [-0.3, -0.25) is 4.79 Å². The van der Waals surface area contributed by atoms with Crippen molar-refractivity contribution in [3.63, 3.8) is 0 Å². The zero-order valence-corrected chi connectivity index (χ0v) is 12.1. The van der Waals surface area contributed by atoms with Crippen molar-refractivity contribution >= 4 is 39.0 Å². The molecule has 3 rings (SSSR count). The molecule has 3 aromatic rings.